The zero-order valence-electron chi connectivity index (χ0n) is 12.6. The van der Waals surface area contributed by atoms with E-state index in [2.05, 4.69) is 10.3 Å². The van der Waals surface area contributed by atoms with Crippen LogP contribution in [0.15, 0.2) is 30.7 Å². The molecule has 0 aliphatic heterocycles. The smallest absolute Gasteiger partial charge is 0.253 e. The first-order valence-electron chi connectivity index (χ1n) is 8.20. The maximum absolute atomic E-state index is 12.6. The number of carbonyl (C=O) groups is 1. The van der Waals surface area contributed by atoms with Crippen LogP contribution in [-0.4, -0.2) is 27.4 Å². The van der Waals surface area contributed by atoms with E-state index in [0.29, 0.717) is 29.5 Å². The highest BCUT2D eigenvalue weighted by atomic mass is 16.1. The van der Waals surface area contributed by atoms with Crippen LogP contribution in [0.5, 0.6) is 0 Å². The van der Waals surface area contributed by atoms with Crippen LogP contribution in [0.2, 0.25) is 0 Å². The molecule has 2 unspecified atom stereocenters. The van der Waals surface area contributed by atoms with Crippen LogP contribution in [0, 0.1) is 11.8 Å². The Balaban J connectivity index is 1.53. The van der Waals surface area contributed by atoms with Gasteiger partial charge < -0.3 is 15.5 Å². The summed E-state index contributed by atoms with van der Waals surface area (Å²) in [5, 5.41) is 3.29. The van der Waals surface area contributed by atoms with Crippen molar-refractivity contribution in [2.24, 2.45) is 17.6 Å². The Hall–Kier alpha value is -1.88. The van der Waals surface area contributed by atoms with Gasteiger partial charge in [-0.05, 0) is 49.7 Å². The molecule has 2 aliphatic rings. The number of aromatic nitrogens is 2. The van der Waals surface area contributed by atoms with Crippen molar-refractivity contribution in [2.45, 2.75) is 44.2 Å². The second-order valence-corrected chi connectivity index (χ2v) is 6.79. The van der Waals surface area contributed by atoms with Crippen molar-refractivity contribution < 1.29 is 4.79 Å². The fraction of sp³-hybridized carbons (Fsp3) is 0.529. The van der Waals surface area contributed by atoms with Gasteiger partial charge in [0.2, 0.25) is 0 Å². The van der Waals surface area contributed by atoms with Gasteiger partial charge in [-0.2, -0.15) is 0 Å². The second-order valence-electron chi connectivity index (χ2n) is 6.79. The monoisotopic (exact) mass is 298 g/mol. The highest BCUT2D eigenvalue weighted by Gasteiger charge is 2.39. The minimum Gasteiger partial charge on any atom is -0.349 e. The molecule has 2 bridgehead atoms. The number of nitrogens with zero attached hydrogens (tertiary/aromatic N) is 2. The molecule has 5 nitrogen and oxygen atoms in total. The molecule has 0 saturated heterocycles. The number of fused-ring (bicyclic) bond motifs is 3. The van der Waals surface area contributed by atoms with E-state index in [1.807, 2.05) is 28.9 Å². The predicted octanol–water partition coefficient (Wildman–Crippen LogP) is 1.97. The Bertz CT molecular complexity index is 681. The lowest BCUT2D eigenvalue weighted by Gasteiger charge is -2.45. The Labute approximate surface area is 129 Å². The van der Waals surface area contributed by atoms with Crippen molar-refractivity contribution in [2.75, 3.05) is 0 Å². The summed E-state index contributed by atoms with van der Waals surface area (Å²) in [7, 11) is 0. The molecule has 22 heavy (non-hydrogen) atoms. The van der Waals surface area contributed by atoms with E-state index < -0.39 is 0 Å². The molecule has 2 aromatic rings. The Morgan fingerprint density at radius 3 is 2.82 bits per heavy atom. The van der Waals surface area contributed by atoms with Gasteiger partial charge in [-0.3, -0.25) is 4.79 Å². The van der Waals surface area contributed by atoms with Gasteiger partial charge in [0, 0.05) is 30.7 Å². The highest BCUT2D eigenvalue weighted by molar-refractivity contribution is 5.94. The van der Waals surface area contributed by atoms with Crippen molar-refractivity contribution in [1.82, 2.24) is 14.7 Å². The summed E-state index contributed by atoms with van der Waals surface area (Å²) >= 11 is 0. The third-order valence-electron chi connectivity index (χ3n) is 5.33. The number of hydrogen-bond donors (Lipinski definition) is 2. The van der Waals surface area contributed by atoms with Crippen molar-refractivity contribution in [1.29, 1.82) is 0 Å². The summed E-state index contributed by atoms with van der Waals surface area (Å²) in [4.78, 5) is 16.8. The summed E-state index contributed by atoms with van der Waals surface area (Å²) in [5.74, 6) is 1.11. The van der Waals surface area contributed by atoms with Crippen LogP contribution >= 0.6 is 0 Å². The van der Waals surface area contributed by atoms with Crippen LogP contribution in [0.25, 0.3) is 5.65 Å². The molecule has 2 aromatic heterocycles. The lowest BCUT2D eigenvalue weighted by atomic mass is 9.67. The van der Waals surface area contributed by atoms with Crippen LogP contribution < -0.4 is 11.1 Å². The van der Waals surface area contributed by atoms with Crippen LogP contribution in [0.1, 0.15) is 42.5 Å². The molecule has 116 valence electrons. The van der Waals surface area contributed by atoms with Gasteiger partial charge in [0.25, 0.3) is 5.91 Å². The molecule has 2 saturated carbocycles. The largest absolute Gasteiger partial charge is 0.349 e. The number of carbonyl (C=O) groups excluding carboxylic acids is 1. The van der Waals surface area contributed by atoms with Crippen LogP contribution in [-0.2, 0) is 0 Å². The third-order valence-corrected chi connectivity index (χ3v) is 5.33. The standard InChI is InChI=1S/C17H22N4O/c18-14-8-11-2-1-3-12(9-14)16(11)20-17(22)13-4-5-15-19-6-7-21(15)10-13/h4-7,10-12,14,16H,1-3,8-9,18H2,(H,20,22). The summed E-state index contributed by atoms with van der Waals surface area (Å²) in [6, 6.07) is 4.33. The SMILES string of the molecule is NC1CC2CCCC(C1)C2NC(=O)c1ccc2nccn2c1. The zero-order valence-corrected chi connectivity index (χ0v) is 12.6. The van der Waals surface area contributed by atoms with E-state index in [1.165, 1.54) is 19.3 Å². The van der Waals surface area contributed by atoms with E-state index in [4.69, 9.17) is 5.73 Å². The fourth-order valence-corrected chi connectivity index (χ4v) is 4.31. The Morgan fingerprint density at radius 2 is 2.05 bits per heavy atom. The quantitative estimate of drug-likeness (QED) is 0.890. The van der Waals surface area contributed by atoms with Crippen molar-refractivity contribution in [3.05, 3.63) is 36.3 Å². The van der Waals surface area contributed by atoms with Crippen LogP contribution in [0.3, 0.4) is 0 Å². The Morgan fingerprint density at radius 1 is 1.27 bits per heavy atom. The first-order chi connectivity index (χ1) is 10.7. The topological polar surface area (TPSA) is 72.4 Å². The number of nitrogens with one attached hydrogen (secondary N) is 1. The summed E-state index contributed by atoms with van der Waals surface area (Å²) in [6.45, 7) is 0. The average molecular weight is 298 g/mol. The molecule has 0 spiro atoms. The number of rotatable bonds is 2. The first kappa shape index (κ1) is 13.8. The minimum absolute atomic E-state index is 0.0213. The molecule has 0 aromatic carbocycles. The van der Waals surface area contributed by atoms with Crippen molar-refractivity contribution in [3.63, 3.8) is 0 Å². The number of amides is 1. The van der Waals surface area contributed by atoms with E-state index in [-0.39, 0.29) is 5.91 Å². The molecule has 2 heterocycles. The summed E-state index contributed by atoms with van der Waals surface area (Å²) < 4.78 is 1.88. The van der Waals surface area contributed by atoms with E-state index in [0.717, 1.165) is 18.5 Å². The molecule has 2 atom stereocenters. The van der Waals surface area contributed by atoms with Gasteiger partial charge in [-0.25, -0.2) is 4.98 Å². The van der Waals surface area contributed by atoms with Gasteiger partial charge in [0.1, 0.15) is 5.65 Å². The molecule has 1 amide bonds. The number of nitrogens with two attached hydrogens (primary N) is 1. The summed E-state index contributed by atoms with van der Waals surface area (Å²) in [5.41, 5.74) is 7.71. The molecular formula is C17H22N4O. The van der Waals surface area contributed by atoms with Gasteiger partial charge in [-0.15, -0.1) is 0 Å². The molecular weight excluding hydrogens is 276 g/mol. The van der Waals surface area contributed by atoms with Gasteiger partial charge in [0.05, 0.1) is 5.56 Å². The first-order valence-corrected chi connectivity index (χ1v) is 8.20. The van der Waals surface area contributed by atoms with E-state index in [9.17, 15) is 4.79 Å². The normalized spacial score (nSPS) is 31.1. The third kappa shape index (κ3) is 2.39. The Kier molecular flexibility index (Phi) is 3.37. The number of imidazole rings is 1. The maximum Gasteiger partial charge on any atom is 0.253 e. The number of hydrogen-bond acceptors (Lipinski definition) is 3. The molecule has 2 aliphatic carbocycles. The maximum atomic E-state index is 12.6. The van der Waals surface area contributed by atoms with Crippen molar-refractivity contribution >= 4 is 11.6 Å². The minimum atomic E-state index is 0.0213. The fourth-order valence-electron chi connectivity index (χ4n) is 4.31. The van der Waals surface area contributed by atoms with Gasteiger partial charge >= 0.3 is 0 Å². The van der Waals surface area contributed by atoms with E-state index >= 15 is 0 Å². The number of pyridine rings is 1. The lowest BCUT2D eigenvalue weighted by molar-refractivity contribution is 0.0755. The highest BCUT2D eigenvalue weighted by Crippen LogP contribution is 2.39. The van der Waals surface area contributed by atoms with Gasteiger partial charge in [-0.1, -0.05) is 6.42 Å². The summed E-state index contributed by atoms with van der Waals surface area (Å²) in [6.07, 6.45) is 11.2. The lowest BCUT2D eigenvalue weighted by Crippen LogP contribution is -2.53. The zero-order chi connectivity index (χ0) is 15.1. The average Bonchev–Trinajstić information content (AvgIpc) is 2.95. The molecule has 4 rings (SSSR count). The molecule has 5 heteroatoms. The molecule has 3 N–H and O–H groups in total. The van der Waals surface area contributed by atoms with Crippen molar-refractivity contribution in [3.8, 4) is 0 Å². The molecule has 2 fully saturated rings. The van der Waals surface area contributed by atoms with E-state index in [1.54, 1.807) is 6.20 Å². The second kappa shape index (κ2) is 5.39. The predicted molar refractivity (Wildman–Crippen MR) is 84.5 cm³/mol. The van der Waals surface area contributed by atoms with Crippen LogP contribution in [0.4, 0.5) is 0 Å². The molecule has 0 radical (unpaired) electrons. The van der Waals surface area contributed by atoms with Gasteiger partial charge in [0.15, 0.2) is 0 Å².